The Balaban J connectivity index is 2.09. The molecule has 21 heavy (non-hydrogen) atoms. The van der Waals surface area contributed by atoms with Crippen LogP contribution in [0.25, 0.3) is 0 Å². The minimum absolute atomic E-state index is 0.0926. The highest BCUT2D eigenvalue weighted by molar-refractivity contribution is 7.99. The molecule has 0 aliphatic heterocycles. The van der Waals surface area contributed by atoms with Crippen LogP contribution in [0.2, 0.25) is 5.02 Å². The summed E-state index contributed by atoms with van der Waals surface area (Å²) in [6.45, 7) is 9.19. The van der Waals surface area contributed by atoms with Crippen molar-refractivity contribution in [2.45, 2.75) is 49.8 Å². The van der Waals surface area contributed by atoms with Gasteiger partial charge in [-0.1, -0.05) is 17.7 Å². The molecule has 0 saturated heterocycles. The monoisotopic (exact) mass is 321 g/mol. The second kappa shape index (κ2) is 6.77. The zero-order valence-electron chi connectivity index (χ0n) is 12.8. The van der Waals surface area contributed by atoms with E-state index in [9.17, 15) is 0 Å². The van der Waals surface area contributed by atoms with E-state index in [0.717, 1.165) is 27.3 Å². The smallest absolute Gasteiger partial charge is 0.192 e. The predicted molar refractivity (Wildman–Crippen MR) is 88.9 cm³/mol. The molecular weight excluding hydrogens is 302 g/mol. The lowest BCUT2D eigenvalue weighted by atomic mass is 10.1. The fourth-order valence-corrected chi connectivity index (χ4v) is 2.79. The Morgan fingerprint density at radius 1 is 1.24 bits per heavy atom. The molecule has 0 saturated carbocycles. The molecule has 2 rings (SSSR count). The van der Waals surface area contributed by atoms with Crippen molar-refractivity contribution in [2.75, 3.05) is 0 Å². The third-order valence-corrected chi connectivity index (χ3v) is 4.17. The van der Waals surface area contributed by atoms with Gasteiger partial charge in [-0.3, -0.25) is 0 Å². The Morgan fingerprint density at radius 2 is 2.00 bits per heavy atom. The van der Waals surface area contributed by atoms with Crippen LogP contribution in [-0.4, -0.2) is 15.5 Å². The summed E-state index contributed by atoms with van der Waals surface area (Å²) in [5.74, 6) is 0. The van der Waals surface area contributed by atoms with Crippen LogP contribution in [0.5, 0.6) is 0 Å². The first kappa shape index (κ1) is 16.3. The van der Waals surface area contributed by atoms with Crippen molar-refractivity contribution < 1.29 is 0 Å². The van der Waals surface area contributed by atoms with E-state index in [4.69, 9.17) is 11.6 Å². The molecule has 5 heteroatoms. The maximum atomic E-state index is 6.36. The van der Waals surface area contributed by atoms with Gasteiger partial charge in [0, 0.05) is 28.9 Å². The average molecular weight is 322 g/mol. The topological polar surface area (TPSA) is 37.8 Å². The summed E-state index contributed by atoms with van der Waals surface area (Å²) in [6.07, 6.45) is 1.76. The average Bonchev–Trinajstić information content (AvgIpc) is 2.38. The first-order valence-electron chi connectivity index (χ1n) is 6.84. The zero-order chi connectivity index (χ0) is 15.5. The minimum Gasteiger partial charge on any atom is -0.308 e. The van der Waals surface area contributed by atoms with E-state index in [1.54, 1.807) is 6.20 Å². The van der Waals surface area contributed by atoms with Crippen molar-refractivity contribution in [1.29, 1.82) is 0 Å². The zero-order valence-corrected chi connectivity index (χ0v) is 14.3. The third-order valence-electron chi connectivity index (χ3n) is 2.79. The Labute approximate surface area is 135 Å². The number of aryl methyl sites for hydroxylation is 1. The van der Waals surface area contributed by atoms with Gasteiger partial charge in [0.25, 0.3) is 0 Å². The van der Waals surface area contributed by atoms with Crippen molar-refractivity contribution in [3.05, 3.63) is 46.7 Å². The van der Waals surface area contributed by atoms with E-state index in [0.29, 0.717) is 0 Å². The lowest BCUT2D eigenvalue weighted by molar-refractivity contribution is 0.424. The summed E-state index contributed by atoms with van der Waals surface area (Å²) in [5.41, 5.74) is 2.22. The molecule has 112 valence electrons. The van der Waals surface area contributed by atoms with E-state index in [1.807, 2.05) is 25.1 Å². The molecule has 0 fully saturated rings. The summed E-state index contributed by atoms with van der Waals surface area (Å²) < 4.78 is 0. The number of nitrogens with zero attached hydrogens (tertiary/aromatic N) is 2. The standard InChI is InChI=1S/C16H20ClN3S/c1-11-7-8-18-15(20-11)21-14-6-5-12(9-13(14)17)10-19-16(2,3)4/h5-9,19H,10H2,1-4H3. The van der Waals surface area contributed by atoms with Gasteiger partial charge in [0.05, 0.1) is 5.02 Å². The maximum Gasteiger partial charge on any atom is 0.192 e. The van der Waals surface area contributed by atoms with Crippen molar-refractivity contribution in [2.24, 2.45) is 0 Å². The number of hydrogen-bond acceptors (Lipinski definition) is 4. The van der Waals surface area contributed by atoms with Crippen molar-refractivity contribution in [1.82, 2.24) is 15.3 Å². The number of hydrogen-bond donors (Lipinski definition) is 1. The van der Waals surface area contributed by atoms with Crippen LogP contribution in [0.4, 0.5) is 0 Å². The van der Waals surface area contributed by atoms with Crippen LogP contribution in [0, 0.1) is 6.92 Å². The SMILES string of the molecule is Cc1ccnc(Sc2ccc(CNC(C)(C)C)cc2Cl)n1. The van der Waals surface area contributed by atoms with Gasteiger partial charge in [0.1, 0.15) is 0 Å². The highest BCUT2D eigenvalue weighted by Gasteiger charge is 2.10. The highest BCUT2D eigenvalue weighted by atomic mass is 35.5. The number of nitrogens with one attached hydrogen (secondary N) is 1. The molecule has 1 heterocycles. The first-order chi connectivity index (χ1) is 9.83. The van der Waals surface area contributed by atoms with Crippen molar-refractivity contribution in [3.8, 4) is 0 Å². The van der Waals surface area contributed by atoms with E-state index in [1.165, 1.54) is 17.3 Å². The van der Waals surface area contributed by atoms with E-state index >= 15 is 0 Å². The Morgan fingerprint density at radius 3 is 2.62 bits per heavy atom. The molecule has 1 N–H and O–H groups in total. The second-order valence-corrected chi connectivity index (χ2v) is 7.37. The fraction of sp³-hybridized carbons (Fsp3) is 0.375. The van der Waals surface area contributed by atoms with Crippen LogP contribution in [0.3, 0.4) is 0 Å². The van der Waals surface area contributed by atoms with E-state index < -0.39 is 0 Å². The van der Waals surface area contributed by atoms with Crippen LogP contribution in [0.15, 0.2) is 40.5 Å². The lowest BCUT2D eigenvalue weighted by Gasteiger charge is -2.20. The molecule has 0 aliphatic carbocycles. The quantitative estimate of drug-likeness (QED) is 0.843. The summed E-state index contributed by atoms with van der Waals surface area (Å²) in [6, 6.07) is 7.99. The van der Waals surface area contributed by atoms with Gasteiger partial charge in [-0.15, -0.1) is 0 Å². The largest absolute Gasteiger partial charge is 0.308 e. The highest BCUT2D eigenvalue weighted by Crippen LogP contribution is 2.31. The van der Waals surface area contributed by atoms with Crippen LogP contribution in [-0.2, 0) is 6.54 Å². The Hall–Kier alpha value is -1.10. The molecular formula is C16H20ClN3S. The van der Waals surface area contributed by atoms with Crippen molar-refractivity contribution >= 4 is 23.4 Å². The molecule has 0 atom stereocenters. The van der Waals surface area contributed by atoms with Gasteiger partial charge < -0.3 is 5.32 Å². The van der Waals surface area contributed by atoms with Crippen molar-refractivity contribution in [3.63, 3.8) is 0 Å². The van der Waals surface area contributed by atoms with Gasteiger partial charge in [0.2, 0.25) is 0 Å². The lowest BCUT2D eigenvalue weighted by Crippen LogP contribution is -2.35. The van der Waals surface area contributed by atoms with E-state index in [2.05, 4.69) is 42.1 Å². The summed E-state index contributed by atoms with van der Waals surface area (Å²) in [7, 11) is 0. The molecule has 0 radical (unpaired) electrons. The Bertz CT molecular complexity index is 623. The molecule has 2 aromatic rings. The van der Waals surface area contributed by atoms with Gasteiger partial charge in [-0.25, -0.2) is 9.97 Å². The summed E-state index contributed by atoms with van der Waals surface area (Å²) in [5, 5.41) is 4.91. The van der Waals surface area contributed by atoms with Gasteiger partial charge in [0.15, 0.2) is 5.16 Å². The molecule has 1 aromatic heterocycles. The summed E-state index contributed by atoms with van der Waals surface area (Å²) >= 11 is 7.85. The first-order valence-corrected chi connectivity index (χ1v) is 8.04. The van der Waals surface area contributed by atoms with Crippen LogP contribution < -0.4 is 5.32 Å². The van der Waals surface area contributed by atoms with Crippen LogP contribution >= 0.6 is 23.4 Å². The Kier molecular flexibility index (Phi) is 5.25. The maximum absolute atomic E-state index is 6.36. The molecule has 0 unspecified atom stereocenters. The number of aromatic nitrogens is 2. The molecule has 0 aliphatic rings. The molecule has 0 bridgehead atoms. The summed E-state index contributed by atoms with van der Waals surface area (Å²) in [4.78, 5) is 9.60. The second-order valence-electron chi connectivity index (χ2n) is 5.95. The number of benzene rings is 1. The van der Waals surface area contributed by atoms with Gasteiger partial charge in [-0.2, -0.15) is 0 Å². The molecule has 3 nitrogen and oxygen atoms in total. The van der Waals surface area contributed by atoms with Gasteiger partial charge in [-0.05, 0) is 63.2 Å². The third kappa shape index (κ3) is 5.30. The fourth-order valence-electron chi connectivity index (χ4n) is 1.68. The molecule has 1 aromatic carbocycles. The normalized spacial score (nSPS) is 11.7. The predicted octanol–water partition coefficient (Wildman–Crippen LogP) is 4.48. The van der Waals surface area contributed by atoms with Crippen LogP contribution in [0.1, 0.15) is 32.0 Å². The number of rotatable bonds is 4. The van der Waals surface area contributed by atoms with E-state index in [-0.39, 0.29) is 5.54 Å². The molecule has 0 spiro atoms. The number of halogens is 1. The minimum atomic E-state index is 0.0926. The molecule has 0 amide bonds. The van der Waals surface area contributed by atoms with Gasteiger partial charge >= 0.3 is 0 Å².